The molecule has 1 N–H and O–H groups in total. The lowest BCUT2D eigenvalue weighted by atomic mass is 10.4. The highest BCUT2D eigenvalue weighted by Gasteiger charge is 2.16. The van der Waals surface area contributed by atoms with Gasteiger partial charge in [-0.3, -0.25) is 0 Å². The number of furan rings is 1. The fourth-order valence-corrected chi connectivity index (χ4v) is 3.18. The van der Waals surface area contributed by atoms with Gasteiger partial charge in [0.25, 0.3) is 5.89 Å². The van der Waals surface area contributed by atoms with Gasteiger partial charge in [-0.05, 0) is 25.5 Å². The van der Waals surface area contributed by atoms with Crippen molar-refractivity contribution in [3.8, 4) is 11.7 Å². The van der Waals surface area contributed by atoms with E-state index in [-0.39, 0.29) is 6.61 Å². The van der Waals surface area contributed by atoms with Gasteiger partial charge in [0, 0.05) is 12.3 Å². The van der Waals surface area contributed by atoms with Crippen molar-refractivity contribution >= 4 is 11.8 Å². The summed E-state index contributed by atoms with van der Waals surface area (Å²) in [6.45, 7) is 4.62. The van der Waals surface area contributed by atoms with Crippen molar-refractivity contribution in [3.05, 3.63) is 35.7 Å². The number of oxazole rings is 1. The molecule has 0 aliphatic carbocycles. The fourth-order valence-electron chi connectivity index (χ4n) is 2.19. The molecule has 3 aromatic heterocycles. The molecule has 0 spiro atoms. The molecule has 3 aromatic rings. The van der Waals surface area contributed by atoms with Crippen LogP contribution in [0.25, 0.3) is 11.7 Å². The average molecular weight is 334 g/mol. The zero-order valence-electron chi connectivity index (χ0n) is 13.0. The first-order valence-corrected chi connectivity index (χ1v) is 8.37. The van der Waals surface area contributed by atoms with Crippen LogP contribution in [0.4, 0.5) is 0 Å². The second kappa shape index (κ2) is 7.01. The highest BCUT2D eigenvalue weighted by Crippen LogP contribution is 2.27. The Balaban J connectivity index is 1.75. The minimum Gasteiger partial charge on any atom is -0.459 e. The van der Waals surface area contributed by atoms with Crippen molar-refractivity contribution < 1.29 is 13.9 Å². The first-order chi connectivity index (χ1) is 11.2. The number of nitrogens with zero attached hydrogens (tertiary/aromatic N) is 4. The summed E-state index contributed by atoms with van der Waals surface area (Å²) >= 11 is 1.53. The smallest absolute Gasteiger partial charge is 0.263 e. The van der Waals surface area contributed by atoms with Crippen molar-refractivity contribution in [3.63, 3.8) is 0 Å². The van der Waals surface area contributed by atoms with Crippen LogP contribution in [0.15, 0.2) is 32.4 Å². The molecule has 0 aromatic carbocycles. The Hall–Kier alpha value is -2.06. The summed E-state index contributed by atoms with van der Waals surface area (Å²) in [6, 6.07) is 3.61. The molecule has 0 aliphatic heterocycles. The molecule has 122 valence electrons. The van der Waals surface area contributed by atoms with Crippen LogP contribution in [0.1, 0.15) is 30.6 Å². The van der Waals surface area contributed by atoms with E-state index in [4.69, 9.17) is 8.83 Å². The second-order valence-corrected chi connectivity index (χ2v) is 5.94. The minimum atomic E-state index is -0.112. The molecule has 0 amide bonds. The molecule has 8 heteroatoms. The van der Waals surface area contributed by atoms with Gasteiger partial charge in [-0.2, -0.15) is 0 Å². The Labute approximate surface area is 137 Å². The van der Waals surface area contributed by atoms with E-state index in [9.17, 15) is 5.11 Å². The number of aliphatic hydroxyl groups excluding tert-OH is 1. The molecule has 3 heterocycles. The Morgan fingerprint density at radius 3 is 2.91 bits per heavy atom. The molecule has 0 saturated carbocycles. The third-order valence-electron chi connectivity index (χ3n) is 3.34. The maximum absolute atomic E-state index is 9.33. The van der Waals surface area contributed by atoms with E-state index < -0.39 is 0 Å². The lowest BCUT2D eigenvalue weighted by Crippen LogP contribution is -2.04. The Bertz CT molecular complexity index is 764. The van der Waals surface area contributed by atoms with E-state index in [2.05, 4.69) is 22.1 Å². The minimum absolute atomic E-state index is 0.112. The van der Waals surface area contributed by atoms with Gasteiger partial charge in [0.2, 0.25) is 0 Å². The van der Waals surface area contributed by atoms with E-state index in [1.54, 1.807) is 12.3 Å². The summed E-state index contributed by atoms with van der Waals surface area (Å²) in [5.74, 6) is 3.05. The van der Waals surface area contributed by atoms with Crippen molar-refractivity contribution in [2.45, 2.75) is 44.3 Å². The Morgan fingerprint density at radius 1 is 1.35 bits per heavy atom. The van der Waals surface area contributed by atoms with Gasteiger partial charge in [0.1, 0.15) is 12.4 Å². The Morgan fingerprint density at radius 2 is 2.22 bits per heavy atom. The van der Waals surface area contributed by atoms with Gasteiger partial charge in [-0.15, -0.1) is 10.2 Å². The summed E-state index contributed by atoms with van der Waals surface area (Å²) < 4.78 is 12.9. The molecule has 0 bridgehead atoms. The highest BCUT2D eigenvalue weighted by molar-refractivity contribution is 7.98. The predicted molar refractivity (Wildman–Crippen MR) is 84.7 cm³/mol. The fraction of sp³-hybridized carbons (Fsp3) is 0.400. The predicted octanol–water partition coefficient (Wildman–Crippen LogP) is 3.03. The quantitative estimate of drug-likeness (QED) is 0.664. The summed E-state index contributed by atoms with van der Waals surface area (Å²) in [4.78, 5) is 4.48. The number of aliphatic hydroxyl groups is 1. The summed E-state index contributed by atoms with van der Waals surface area (Å²) in [5.41, 5.74) is 0.845. The van der Waals surface area contributed by atoms with Crippen molar-refractivity contribution in [2.24, 2.45) is 0 Å². The van der Waals surface area contributed by atoms with Crippen LogP contribution >= 0.6 is 11.8 Å². The van der Waals surface area contributed by atoms with Crippen molar-refractivity contribution in [2.75, 3.05) is 0 Å². The number of aromatic nitrogens is 4. The van der Waals surface area contributed by atoms with Gasteiger partial charge in [0.15, 0.2) is 16.7 Å². The van der Waals surface area contributed by atoms with Crippen molar-refractivity contribution in [1.82, 2.24) is 19.7 Å². The molecule has 0 aliphatic rings. The summed E-state index contributed by atoms with van der Waals surface area (Å²) in [6.07, 6.45) is 2.54. The van der Waals surface area contributed by atoms with Crippen LogP contribution < -0.4 is 0 Å². The first kappa shape index (κ1) is 15.8. The number of thioether (sulfide) groups is 1. The van der Waals surface area contributed by atoms with Crippen LogP contribution in [0.5, 0.6) is 0 Å². The van der Waals surface area contributed by atoms with Gasteiger partial charge >= 0.3 is 0 Å². The maximum Gasteiger partial charge on any atom is 0.263 e. The van der Waals surface area contributed by atoms with E-state index in [1.165, 1.54) is 11.8 Å². The molecular formula is C15H18N4O3S. The summed E-state index contributed by atoms with van der Waals surface area (Å²) in [5, 5.41) is 18.3. The average Bonchev–Trinajstić information content (AvgIpc) is 3.26. The molecule has 23 heavy (non-hydrogen) atoms. The zero-order valence-corrected chi connectivity index (χ0v) is 13.8. The maximum atomic E-state index is 9.33. The Kier molecular flexibility index (Phi) is 4.82. The number of hydrogen-bond donors (Lipinski definition) is 1. The van der Waals surface area contributed by atoms with E-state index >= 15 is 0 Å². The normalized spacial score (nSPS) is 11.3. The van der Waals surface area contributed by atoms with E-state index in [1.807, 2.05) is 17.6 Å². The third kappa shape index (κ3) is 3.32. The number of hydrogen-bond acceptors (Lipinski definition) is 7. The van der Waals surface area contributed by atoms with Crippen LogP contribution in [-0.2, 0) is 18.9 Å². The van der Waals surface area contributed by atoms with Crippen LogP contribution in [0.2, 0.25) is 0 Å². The highest BCUT2D eigenvalue weighted by atomic mass is 32.2. The summed E-state index contributed by atoms with van der Waals surface area (Å²) in [7, 11) is 0. The topological polar surface area (TPSA) is 90.1 Å². The molecule has 7 nitrogen and oxygen atoms in total. The SMILES string of the molecule is CCCn1c(CO)nnc1SCc1nc(-c2ccco2)oc1C. The molecule has 3 rings (SSSR count). The molecule has 0 fully saturated rings. The van der Waals surface area contributed by atoms with Gasteiger partial charge < -0.3 is 18.5 Å². The van der Waals surface area contributed by atoms with Gasteiger partial charge in [0.05, 0.1) is 12.0 Å². The van der Waals surface area contributed by atoms with Gasteiger partial charge in [-0.25, -0.2) is 4.98 Å². The standard InChI is InChI=1S/C15H18N4O3S/c1-3-6-19-13(8-20)17-18-15(19)23-9-11-10(2)22-14(16-11)12-5-4-7-21-12/h4-5,7,20H,3,6,8-9H2,1-2H3. The van der Waals surface area contributed by atoms with Gasteiger partial charge in [-0.1, -0.05) is 18.7 Å². The molecule has 0 unspecified atom stereocenters. The zero-order chi connectivity index (χ0) is 16.2. The van der Waals surface area contributed by atoms with Crippen LogP contribution in [-0.4, -0.2) is 24.9 Å². The van der Waals surface area contributed by atoms with Crippen LogP contribution in [0, 0.1) is 6.92 Å². The van der Waals surface area contributed by atoms with Crippen molar-refractivity contribution in [1.29, 1.82) is 0 Å². The lowest BCUT2D eigenvalue weighted by molar-refractivity contribution is 0.263. The molecular weight excluding hydrogens is 316 g/mol. The third-order valence-corrected chi connectivity index (χ3v) is 4.32. The van der Waals surface area contributed by atoms with E-state index in [0.717, 1.165) is 29.6 Å². The van der Waals surface area contributed by atoms with Crippen LogP contribution in [0.3, 0.4) is 0 Å². The first-order valence-electron chi connectivity index (χ1n) is 7.38. The monoisotopic (exact) mass is 334 g/mol. The number of rotatable bonds is 7. The van der Waals surface area contributed by atoms with E-state index in [0.29, 0.717) is 23.2 Å². The number of aryl methyl sites for hydroxylation is 1. The lowest BCUT2D eigenvalue weighted by Gasteiger charge is -2.06. The molecule has 0 atom stereocenters. The molecule has 0 radical (unpaired) electrons. The second-order valence-electron chi connectivity index (χ2n) is 5.00. The molecule has 0 saturated heterocycles. The largest absolute Gasteiger partial charge is 0.459 e.